The molecule has 0 aromatic carbocycles. The largest absolute Gasteiger partial charge is 0.476 e. The number of aromatic nitrogens is 2. The molecule has 3 rings (SSSR count). The van der Waals surface area contributed by atoms with E-state index in [1.165, 1.54) is 12.8 Å². The van der Waals surface area contributed by atoms with Gasteiger partial charge in [0.1, 0.15) is 5.82 Å². The summed E-state index contributed by atoms with van der Waals surface area (Å²) in [4.78, 5) is 15.6. The van der Waals surface area contributed by atoms with Gasteiger partial charge in [-0.05, 0) is 38.6 Å². The van der Waals surface area contributed by atoms with Crippen LogP contribution in [0.25, 0.3) is 0 Å². The lowest BCUT2D eigenvalue weighted by Crippen LogP contribution is -2.26. The van der Waals surface area contributed by atoms with Crippen molar-refractivity contribution in [2.75, 3.05) is 6.54 Å². The predicted molar refractivity (Wildman–Crippen MR) is 66.9 cm³/mol. The third kappa shape index (κ3) is 2.03. The zero-order chi connectivity index (χ0) is 12.5. The Morgan fingerprint density at radius 1 is 1.44 bits per heavy atom. The van der Waals surface area contributed by atoms with Crippen molar-refractivity contribution < 1.29 is 9.90 Å². The maximum atomic E-state index is 11.2. The molecule has 2 N–H and O–H groups in total. The van der Waals surface area contributed by atoms with Crippen molar-refractivity contribution in [3.8, 4) is 0 Å². The fraction of sp³-hybridized carbons (Fsp3) is 0.692. The van der Waals surface area contributed by atoms with E-state index in [2.05, 4.69) is 14.9 Å². The van der Waals surface area contributed by atoms with E-state index < -0.39 is 5.97 Å². The first-order valence-corrected chi connectivity index (χ1v) is 6.80. The van der Waals surface area contributed by atoms with Crippen LogP contribution in [-0.4, -0.2) is 33.2 Å². The van der Waals surface area contributed by atoms with Crippen molar-refractivity contribution in [2.45, 2.75) is 51.1 Å². The van der Waals surface area contributed by atoms with Gasteiger partial charge in [0.25, 0.3) is 0 Å². The lowest BCUT2D eigenvalue weighted by Gasteiger charge is -2.18. The molecule has 0 bridgehead atoms. The summed E-state index contributed by atoms with van der Waals surface area (Å²) >= 11 is 0. The van der Waals surface area contributed by atoms with Gasteiger partial charge in [0.2, 0.25) is 0 Å². The predicted octanol–water partition coefficient (Wildman–Crippen LogP) is 1.21. The fourth-order valence-corrected chi connectivity index (χ4v) is 3.10. The van der Waals surface area contributed by atoms with Gasteiger partial charge in [-0.2, -0.15) is 0 Å². The molecule has 2 aliphatic rings. The average molecular weight is 249 g/mol. The number of hydrogen-bond acceptors (Lipinski definition) is 3. The van der Waals surface area contributed by atoms with Crippen LogP contribution < -0.4 is 5.32 Å². The molecule has 1 atom stereocenters. The first-order chi connectivity index (χ1) is 8.75. The molecule has 1 fully saturated rings. The molecule has 98 valence electrons. The van der Waals surface area contributed by atoms with Crippen LogP contribution in [0, 0.1) is 0 Å². The Balaban J connectivity index is 1.90. The zero-order valence-electron chi connectivity index (χ0n) is 10.5. The van der Waals surface area contributed by atoms with Gasteiger partial charge in [-0.25, -0.2) is 9.78 Å². The van der Waals surface area contributed by atoms with E-state index in [1.54, 1.807) is 0 Å². The second-order valence-corrected chi connectivity index (χ2v) is 5.23. The monoisotopic (exact) mass is 249 g/mol. The molecule has 1 aromatic rings. The van der Waals surface area contributed by atoms with Crippen LogP contribution in [0.5, 0.6) is 0 Å². The molecule has 3 heterocycles. The van der Waals surface area contributed by atoms with Crippen molar-refractivity contribution in [3.63, 3.8) is 0 Å². The third-order valence-electron chi connectivity index (χ3n) is 3.99. The smallest absolute Gasteiger partial charge is 0.356 e. The quantitative estimate of drug-likeness (QED) is 0.845. The Morgan fingerprint density at radius 2 is 2.33 bits per heavy atom. The molecule has 1 saturated heterocycles. The number of aromatic carboxylic acids is 1. The topological polar surface area (TPSA) is 67.2 Å². The molecule has 1 unspecified atom stereocenters. The van der Waals surface area contributed by atoms with Crippen LogP contribution in [0.1, 0.15) is 47.7 Å². The summed E-state index contributed by atoms with van der Waals surface area (Å²) in [5.74, 6) is 0.0766. The molecule has 0 spiro atoms. The summed E-state index contributed by atoms with van der Waals surface area (Å²) in [5.41, 5.74) is 1.21. The van der Waals surface area contributed by atoms with E-state index in [9.17, 15) is 9.90 Å². The third-order valence-corrected chi connectivity index (χ3v) is 3.99. The summed E-state index contributed by atoms with van der Waals surface area (Å²) in [6, 6.07) is 0.472. The first-order valence-electron chi connectivity index (χ1n) is 6.80. The molecule has 18 heavy (non-hydrogen) atoms. The highest BCUT2D eigenvalue weighted by atomic mass is 16.4. The number of rotatable bonds is 3. The van der Waals surface area contributed by atoms with Gasteiger partial charge in [0.15, 0.2) is 5.69 Å². The van der Waals surface area contributed by atoms with Gasteiger partial charge in [-0.1, -0.05) is 0 Å². The van der Waals surface area contributed by atoms with Crippen LogP contribution >= 0.6 is 0 Å². The summed E-state index contributed by atoms with van der Waals surface area (Å²) in [6.07, 6.45) is 6.31. The van der Waals surface area contributed by atoms with Gasteiger partial charge < -0.3 is 15.0 Å². The van der Waals surface area contributed by atoms with E-state index in [-0.39, 0.29) is 5.69 Å². The Kier molecular flexibility index (Phi) is 3.07. The second-order valence-electron chi connectivity index (χ2n) is 5.23. The highest BCUT2D eigenvalue weighted by Crippen LogP contribution is 2.23. The number of carboxylic acids is 1. The van der Waals surface area contributed by atoms with Gasteiger partial charge in [-0.15, -0.1) is 0 Å². The number of imidazole rings is 1. The minimum atomic E-state index is -0.883. The summed E-state index contributed by atoms with van der Waals surface area (Å²) in [5, 5.41) is 12.7. The molecule has 0 radical (unpaired) electrons. The Hall–Kier alpha value is -1.36. The number of carbonyl (C=O) groups is 1. The minimum absolute atomic E-state index is 0.280. The number of nitrogens with one attached hydrogen (secondary N) is 1. The molecule has 2 aliphatic heterocycles. The van der Waals surface area contributed by atoms with E-state index >= 15 is 0 Å². The lowest BCUT2D eigenvalue weighted by atomic mass is 10.1. The van der Waals surface area contributed by atoms with Crippen molar-refractivity contribution >= 4 is 5.97 Å². The molecule has 0 saturated carbocycles. The molecule has 5 nitrogen and oxygen atoms in total. The molecule has 0 amide bonds. The molecular formula is C13H19N3O2. The summed E-state index contributed by atoms with van der Waals surface area (Å²) in [7, 11) is 0. The highest BCUT2D eigenvalue weighted by Gasteiger charge is 2.26. The van der Waals surface area contributed by atoms with Crippen molar-refractivity contribution in [2.24, 2.45) is 0 Å². The van der Waals surface area contributed by atoms with Crippen LogP contribution in [0.15, 0.2) is 0 Å². The van der Waals surface area contributed by atoms with Crippen LogP contribution in [0.2, 0.25) is 0 Å². The zero-order valence-corrected chi connectivity index (χ0v) is 10.5. The first kappa shape index (κ1) is 11.7. The Morgan fingerprint density at radius 3 is 3.06 bits per heavy atom. The SMILES string of the molecule is O=C(O)c1nc(CC2CCCN2)n2c1CCCC2. The standard InChI is InChI=1S/C13H19N3O2/c17-13(18)12-10-5-1-2-7-16(10)11(15-12)8-9-4-3-6-14-9/h9,14H,1-8H2,(H,17,18). The summed E-state index contributed by atoms with van der Waals surface area (Å²) in [6.45, 7) is 2.00. The number of carboxylic acid groups (broad SMARTS) is 1. The normalized spacial score (nSPS) is 23.0. The minimum Gasteiger partial charge on any atom is -0.476 e. The molecule has 0 aliphatic carbocycles. The van der Waals surface area contributed by atoms with Crippen molar-refractivity contribution in [3.05, 3.63) is 17.2 Å². The van der Waals surface area contributed by atoms with Gasteiger partial charge in [0.05, 0.1) is 5.69 Å². The van der Waals surface area contributed by atoms with Crippen molar-refractivity contribution in [1.29, 1.82) is 0 Å². The van der Waals surface area contributed by atoms with Gasteiger partial charge in [-0.3, -0.25) is 0 Å². The van der Waals surface area contributed by atoms with E-state index in [0.29, 0.717) is 6.04 Å². The van der Waals surface area contributed by atoms with E-state index in [4.69, 9.17) is 0 Å². The Bertz CT molecular complexity index is 461. The number of hydrogen-bond donors (Lipinski definition) is 2. The average Bonchev–Trinajstić information content (AvgIpc) is 2.98. The van der Waals surface area contributed by atoms with Gasteiger partial charge in [0, 0.05) is 19.0 Å². The van der Waals surface area contributed by atoms with Crippen molar-refractivity contribution in [1.82, 2.24) is 14.9 Å². The molecule has 5 heteroatoms. The summed E-state index contributed by atoms with van der Waals surface area (Å²) < 4.78 is 2.15. The maximum Gasteiger partial charge on any atom is 0.356 e. The second kappa shape index (κ2) is 4.72. The number of fused-ring (bicyclic) bond motifs is 1. The fourth-order valence-electron chi connectivity index (χ4n) is 3.10. The molecule has 1 aromatic heterocycles. The number of nitrogens with zero attached hydrogens (tertiary/aromatic N) is 2. The van der Waals surface area contributed by atoms with Crippen LogP contribution in [-0.2, 0) is 19.4 Å². The lowest BCUT2D eigenvalue weighted by molar-refractivity contribution is 0.0689. The maximum absolute atomic E-state index is 11.2. The molecular weight excluding hydrogens is 230 g/mol. The van der Waals surface area contributed by atoms with Crippen LogP contribution in [0.3, 0.4) is 0 Å². The van der Waals surface area contributed by atoms with E-state index in [0.717, 1.165) is 50.3 Å². The van der Waals surface area contributed by atoms with E-state index in [1.807, 2.05) is 0 Å². The van der Waals surface area contributed by atoms with Crippen LogP contribution in [0.4, 0.5) is 0 Å². The highest BCUT2D eigenvalue weighted by molar-refractivity contribution is 5.86. The van der Waals surface area contributed by atoms with Gasteiger partial charge >= 0.3 is 5.97 Å². The Labute approximate surface area is 106 Å².